The average molecular weight is 581 g/mol. The number of carbonyl (C=O) groups excluding carboxylic acids is 2. The van der Waals surface area contributed by atoms with Crippen molar-refractivity contribution in [3.63, 3.8) is 0 Å². The summed E-state index contributed by atoms with van der Waals surface area (Å²) in [5, 5.41) is 12.0. The molecule has 2 heterocycles. The molecule has 1 aromatic carbocycles. The lowest BCUT2D eigenvalue weighted by Crippen LogP contribution is -2.60. The van der Waals surface area contributed by atoms with Crippen molar-refractivity contribution in [3.05, 3.63) is 52.6 Å². The van der Waals surface area contributed by atoms with E-state index in [-0.39, 0.29) is 11.7 Å². The molecule has 0 bridgehead atoms. The van der Waals surface area contributed by atoms with Gasteiger partial charge < -0.3 is 26.4 Å². The molecule has 1 saturated heterocycles. The molecule has 12 heteroatoms. The van der Waals surface area contributed by atoms with Gasteiger partial charge in [-0.3, -0.25) is 19.6 Å². The van der Waals surface area contributed by atoms with E-state index in [0.717, 1.165) is 44.7 Å². The Balaban J connectivity index is 1.16. The van der Waals surface area contributed by atoms with Gasteiger partial charge in [-0.2, -0.15) is 4.98 Å². The van der Waals surface area contributed by atoms with Gasteiger partial charge in [-0.15, -0.1) is 0 Å². The molecule has 1 atom stereocenters. The Kier molecular flexibility index (Phi) is 9.26. The van der Waals surface area contributed by atoms with Crippen LogP contribution >= 0.6 is 0 Å². The number of amides is 3. The van der Waals surface area contributed by atoms with Crippen molar-refractivity contribution in [1.29, 1.82) is 0 Å². The Labute approximate surface area is 246 Å². The second-order valence-corrected chi connectivity index (χ2v) is 12.4. The van der Waals surface area contributed by atoms with Crippen molar-refractivity contribution in [2.45, 2.75) is 69.6 Å². The fourth-order valence-electron chi connectivity index (χ4n) is 5.84. The molecule has 228 valence electrons. The Morgan fingerprint density at radius 1 is 1.02 bits per heavy atom. The van der Waals surface area contributed by atoms with E-state index in [2.05, 4.69) is 27.3 Å². The Morgan fingerprint density at radius 3 is 2.26 bits per heavy atom. The first-order valence-electron chi connectivity index (χ1n) is 15.1. The summed E-state index contributed by atoms with van der Waals surface area (Å²) in [5.41, 5.74) is 12.1. The SMILES string of the molecule is C[C@](N)(CO)C(=O)N1CCN(C(=O)Nc2ccn(-c3ccc(CN(CC4CC4)[C@H]4CC[C@H](N)CC4)cc3)c(=O)n2)CC1. The maximum absolute atomic E-state index is 12.9. The fourth-order valence-corrected chi connectivity index (χ4v) is 5.84. The summed E-state index contributed by atoms with van der Waals surface area (Å²) in [6.45, 7) is 4.27. The van der Waals surface area contributed by atoms with Crippen LogP contribution in [0.2, 0.25) is 0 Å². The lowest BCUT2D eigenvalue weighted by atomic mass is 9.90. The number of carbonyl (C=O) groups is 2. The molecule has 3 aliphatic rings. The van der Waals surface area contributed by atoms with Crippen LogP contribution in [-0.2, 0) is 11.3 Å². The third-order valence-corrected chi connectivity index (χ3v) is 8.76. The van der Waals surface area contributed by atoms with Crippen LogP contribution in [0.3, 0.4) is 0 Å². The monoisotopic (exact) mass is 580 g/mol. The number of benzene rings is 1. The van der Waals surface area contributed by atoms with E-state index >= 15 is 0 Å². The van der Waals surface area contributed by atoms with E-state index in [1.807, 2.05) is 12.1 Å². The first-order chi connectivity index (χ1) is 20.1. The molecule has 42 heavy (non-hydrogen) atoms. The summed E-state index contributed by atoms with van der Waals surface area (Å²) in [6, 6.07) is 10.1. The normalized spacial score (nSPS) is 22.6. The first-order valence-corrected chi connectivity index (χ1v) is 15.1. The number of anilines is 1. The number of aliphatic hydroxyl groups excluding tert-OH is 1. The van der Waals surface area contributed by atoms with E-state index in [0.29, 0.717) is 44.0 Å². The zero-order valence-corrected chi connectivity index (χ0v) is 24.5. The first kappa shape index (κ1) is 30.1. The Morgan fingerprint density at radius 2 is 1.67 bits per heavy atom. The zero-order valence-electron chi connectivity index (χ0n) is 24.5. The fraction of sp³-hybridized carbons (Fsp3) is 0.600. The van der Waals surface area contributed by atoms with Crippen LogP contribution < -0.4 is 22.5 Å². The Hall–Kier alpha value is -3.32. The van der Waals surface area contributed by atoms with Crippen LogP contribution in [0.1, 0.15) is 51.0 Å². The van der Waals surface area contributed by atoms with Crippen LogP contribution in [0, 0.1) is 5.92 Å². The topological polar surface area (TPSA) is 163 Å². The number of rotatable bonds is 9. The molecule has 2 aliphatic carbocycles. The third kappa shape index (κ3) is 7.35. The average Bonchev–Trinajstić information content (AvgIpc) is 3.82. The van der Waals surface area contributed by atoms with Gasteiger partial charge >= 0.3 is 11.7 Å². The maximum atomic E-state index is 12.9. The van der Waals surface area contributed by atoms with Gasteiger partial charge in [0, 0.05) is 57.5 Å². The summed E-state index contributed by atoms with van der Waals surface area (Å²) < 4.78 is 1.46. The molecule has 0 unspecified atom stereocenters. The number of nitrogens with zero attached hydrogens (tertiary/aromatic N) is 5. The molecule has 5 rings (SSSR count). The van der Waals surface area contributed by atoms with Crippen molar-refractivity contribution < 1.29 is 14.7 Å². The molecule has 1 aliphatic heterocycles. The van der Waals surface area contributed by atoms with Crippen LogP contribution in [0.15, 0.2) is 41.3 Å². The van der Waals surface area contributed by atoms with Crippen molar-refractivity contribution in [1.82, 2.24) is 24.3 Å². The summed E-state index contributed by atoms with van der Waals surface area (Å²) in [7, 11) is 0. The van der Waals surface area contributed by atoms with Gasteiger partial charge in [-0.25, -0.2) is 9.59 Å². The largest absolute Gasteiger partial charge is 0.394 e. The number of aromatic nitrogens is 2. The van der Waals surface area contributed by atoms with E-state index < -0.39 is 23.9 Å². The number of nitrogens with two attached hydrogens (primary N) is 2. The van der Waals surface area contributed by atoms with Crippen molar-refractivity contribution >= 4 is 17.8 Å². The molecule has 1 aromatic heterocycles. The molecule has 12 nitrogen and oxygen atoms in total. The summed E-state index contributed by atoms with van der Waals surface area (Å²) in [6.07, 6.45) is 8.76. The minimum atomic E-state index is -1.35. The predicted octanol–water partition coefficient (Wildman–Crippen LogP) is 1.10. The van der Waals surface area contributed by atoms with Gasteiger partial charge in [0.05, 0.1) is 12.3 Å². The van der Waals surface area contributed by atoms with Gasteiger partial charge in [0.25, 0.3) is 0 Å². The lowest BCUT2D eigenvalue weighted by molar-refractivity contribution is -0.139. The van der Waals surface area contributed by atoms with Crippen LogP contribution in [-0.4, -0.2) is 98.2 Å². The third-order valence-electron chi connectivity index (χ3n) is 8.76. The quantitative estimate of drug-likeness (QED) is 0.343. The standard InChI is InChI=1S/C30H44N8O4/c1-30(32,20-39)27(40)35-14-16-36(17-15-35)28(41)33-26-12-13-38(29(42)34-26)25-8-4-22(5-9-25)19-37(18-21-2-3-21)24-10-6-23(31)7-11-24/h4-5,8-9,12-13,21,23-24,39H,2-3,6-7,10-11,14-20,31-32H2,1H3,(H,33,34,41,42)/t23-,24-,30-/m0/s1. The summed E-state index contributed by atoms with van der Waals surface area (Å²) in [5.74, 6) is 0.624. The number of hydrogen-bond donors (Lipinski definition) is 4. The van der Waals surface area contributed by atoms with E-state index in [4.69, 9.17) is 11.5 Å². The zero-order chi connectivity index (χ0) is 29.9. The summed E-state index contributed by atoms with van der Waals surface area (Å²) in [4.78, 5) is 47.9. The van der Waals surface area contributed by atoms with E-state index in [1.165, 1.54) is 29.9 Å². The lowest BCUT2D eigenvalue weighted by Gasteiger charge is -2.37. The number of hydrogen-bond acceptors (Lipinski definition) is 8. The number of piperazine rings is 1. The van der Waals surface area contributed by atoms with Gasteiger partial charge in [0.15, 0.2) is 0 Å². The van der Waals surface area contributed by atoms with Crippen molar-refractivity contribution in [3.8, 4) is 5.69 Å². The molecular formula is C30H44N8O4. The minimum absolute atomic E-state index is 0.161. The smallest absolute Gasteiger partial charge is 0.354 e. The predicted molar refractivity (Wildman–Crippen MR) is 160 cm³/mol. The summed E-state index contributed by atoms with van der Waals surface area (Å²) >= 11 is 0. The second kappa shape index (κ2) is 12.9. The highest BCUT2D eigenvalue weighted by molar-refractivity contribution is 5.89. The Bertz CT molecular complexity index is 1290. The number of aliphatic hydroxyl groups is 1. The highest BCUT2D eigenvalue weighted by Gasteiger charge is 2.34. The second-order valence-electron chi connectivity index (χ2n) is 12.4. The van der Waals surface area contributed by atoms with Crippen molar-refractivity contribution in [2.24, 2.45) is 17.4 Å². The molecule has 0 radical (unpaired) electrons. The van der Waals surface area contributed by atoms with E-state index in [9.17, 15) is 19.5 Å². The maximum Gasteiger partial charge on any atom is 0.354 e. The van der Waals surface area contributed by atoms with E-state index in [1.54, 1.807) is 22.1 Å². The minimum Gasteiger partial charge on any atom is -0.394 e. The molecule has 3 fully saturated rings. The molecule has 3 amide bonds. The van der Waals surface area contributed by atoms with Crippen LogP contribution in [0.25, 0.3) is 5.69 Å². The highest BCUT2D eigenvalue weighted by atomic mass is 16.3. The molecule has 6 N–H and O–H groups in total. The number of urea groups is 1. The molecule has 2 saturated carbocycles. The molecular weight excluding hydrogens is 536 g/mol. The highest BCUT2D eigenvalue weighted by Crippen LogP contribution is 2.33. The van der Waals surface area contributed by atoms with Gasteiger partial charge in [0.1, 0.15) is 11.4 Å². The molecule has 2 aromatic rings. The van der Waals surface area contributed by atoms with Gasteiger partial charge in [-0.1, -0.05) is 12.1 Å². The van der Waals surface area contributed by atoms with Crippen molar-refractivity contribution in [2.75, 3.05) is 44.6 Å². The number of nitrogens with one attached hydrogen (secondary N) is 1. The van der Waals surface area contributed by atoms with Crippen LogP contribution in [0.4, 0.5) is 10.6 Å². The molecule has 0 spiro atoms. The van der Waals surface area contributed by atoms with Crippen LogP contribution in [0.5, 0.6) is 0 Å². The van der Waals surface area contributed by atoms with Gasteiger partial charge in [0.2, 0.25) is 5.91 Å². The van der Waals surface area contributed by atoms with Gasteiger partial charge in [-0.05, 0) is 75.1 Å².